The summed E-state index contributed by atoms with van der Waals surface area (Å²) in [6.07, 6.45) is 13.1. The van der Waals surface area contributed by atoms with Crippen LogP contribution in [0.4, 0.5) is 21.8 Å². The number of anilines is 3. The number of hydrogen-bond acceptors (Lipinski definition) is 6. The summed E-state index contributed by atoms with van der Waals surface area (Å²) in [5.74, 6) is 1.14. The van der Waals surface area contributed by atoms with Crippen molar-refractivity contribution in [1.82, 2.24) is 14.9 Å². The van der Waals surface area contributed by atoms with Crippen molar-refractivity contribution in [3.8, 4) is 5.75 Å². The molecule has 6 nitrogen and oxygen atoms in total. The lowest BCUT2D eigenvalue weighted by Gasteiger charge is -2.16. The number of ether oxygens (including phenoxy) is 1. The van der Waals surface area contributed by atoms with Crippen LogP contribution in [-0.4, -0.2) is 47.2 Å². The molecule has 0 bridgehead atoms. The van der Waals surface area contributed by atoms with Crippen LogP contribution in [0.3, 0.4) is 0 Å². The van der Waals surface area contributed by atoms with Crippen LogP contribution < -0.4 is 15.4 Å². The van der Waals surface area contributed by atoms with E-state index in [0.717, 1.165) is 43.9 Å². The molecule has 2 N–H and O–H groups in total. The fourth-order valence-electron chi connectivity index (χ4n) is 4.25. The van der Waals surface area contributed by atoms with Crippen LogP contribution in [0.15, 0.2) is 30.5 Å². The predicted octanol–water partition coefficient (Wildman–Crippen LogP) is 5.22. The van der Waals surface area contributed by atoms with Gasteiger partial charge in [-0.2, -0.15) is 4.98 Å². The summed E-state index contributed by atoms with van der Waals surface area (Å²) in [5.41, 5.74) is 1.54. The number of likely N-dealkylation sites (tertiary alicyclic amines) is 1. The molecule has 1 saturated heterocycles. The maximum absolute atomic E-state index is 14.5. The summed E-state index contributed by atoms with van der Waals surface area (Å²) < 4.78 is 20.2. The standard InChI is InChI=1S/C24H32FN5O/c1-2-7-18-17-26-24(29-23(18)27-19-8-3-4-9-19)28-20-10-11-22(21(25)16-20)31-15-14-30-12-5-6-13-30/h2,7,10-11,16-17,19H,3-6,8-9,12-15H2,1H3,(H2,26,27,28,29)/b7-2+. The Hall–Kier alpha value is -2.67. The van der Waals surface area contributed by atoms with Crippen LogP contribution in [0.25, 0.3) is 6.08 Å². The molecule has 2 heterocycles. The van der Waals surface area contributed by atoms with Gasteiger partial charge in [-0.25, -0.2) is 9.37 Å². The summed E-state index contributed by atoms with van der Waals surface area (Å²) in [6.45, 7) is 5.53. The first-order valence-electron chi connectivity index (χ1n) is 11.4. The first-order valence-corrected chi connectivity index (χ1v) is 11.4. The van der Waals surface area contributed by atoms with Crippen LogP contribution in [0.1, 0.15) is 51.0 Å². The van der Waals surface area contributed by atoms with E-state index in [1.807, 2.05) is 19.1 Å². The maximum atomic E-state index is 14.5. The number of benzene rings is 1. The second-order valence-corrected chi connectivity index (χ2v) is 8.29. The fraction of sp³-hybridized carbons (Fsp3) is 0.500. The SMILES string of the molecule is C/C=C/c1cnc(Nc2ccc(OCCN3CCCC3)c(F)c2)nc1NC1CCCC1. The van der Waals surface area contributed by atoms with Crippen molar-refractivity contribution in [2.24, 2.45) is 0 Å². The molecule has 2 aromatic rings. The van der Waals surface area contributed by atoms with Crippen LogP contribution >= 0.6 is 0 Å². The van der Waals surface area contributed by atoms with E-state index in [0.29, 0.717) is 24.3 Å². The Kier molecular flexibility index (Phi) is 7.35. The minimum Gasteiger partial charge on any atom is -0.489 e. The van der Waals surface area contributed by atoms with Gasteiger partial charge in [0.1, 0.15) is 12.4 Å². The summed E-state index contributed by atoms with van der Waals surface area (Å²) in [6, 6.07) is 5.33. The van der Waals surface area contributed by atoms with Gasteiger partial charge in [-0.15, -0.1) is 0 Å². The van der Waals surface area contributed by atoms with E-state index in [2.05, 4.69) is 25.5 Å². The van der Waals surface area contributed by atoms with Crippen molar-refractivity contribution < 1.29 is 9.13 Å². The summed E-state index contributed by atoms with van der Waals surface area (Å²) in [7, 11) is 0. The van der Waals surface area contributed by atoms with E-state index in [4.69, 9.17) is 4.74 Å². The van der Waals surface area contributed by atoms with Gasteiger partial charge in [0.25, 0.3) is 0 Å². The molecule has 1 aliphatic heterocycles. The molecule has 4 rings (SSSR count). The molecule has 1 aliphatic carbocycles. The smallest absolute Gasteiger partial charge is 0.229 e. The second-order valence-electron chi connectivity index (χ2n) is 8.29. The van der Waals surface area contributed by atoms with E-state index in [-0.39, 0.29) is 11.6 Å². The van der Waals surface area contributed by atoms with Gasteiger partial charge in [0.15, 0.2) is 11.6 Å². The molecule has 2 fully saturated rings. The van der Waals surface area contributed by atoms with E-state index in [9.17, 15) is 4.39 Å². The number of halogens is 1. The third-order valence-corrected chi connectivity index (χ3v) is 5.91. The normalized spacial score (nSPS) is 17.5. The van der Waals surface area contributed by atoms with E-state index in [1.54, 1.807) is 18.3 Å². The molecule has 166 valence electrons. The molecule has 0 amide bonds. The van der Waals surface area contributed by atoms with Crippen molar-refractivity contribution in [2.45, 2.75) is 51.5 Å². The van der Waals surface area contributed by atoms with Gasteiger partial charge in [0.05, 0.1) is 0 Å². The van der Waals surface area contributed by atoms with Crippen molar-refractivity contribution in [3.63, 3.8) is 0 Å². The van der Waals surface area contributed by atoms with Crippen molar-refractivity contribution in [3.05, 3.63) is 41.9 Å². The number of rotatable bonds is 9. The second kappa shape index (κ2) is 10.6. The Bertz CT molecular complexity index is 892. The van der Waals surface area contributed by atoms with E-state index < -0.39 is 0 Å². The molecule has 1 aromatic carbocycles. The highest BCUT2D eigenvalue weighted by atomic mass is 19.1. The molecule has 1 aromatic heterocycles. The van der Waals surface area contributed by atoms with Crippen molar-refractivity contribution >= 4 is 23.5 Å². The molecule has 1 saturated carbocycles. The van der Waals surface area contributed by atoms with Gasteiger partial charge < -0.3 is 15.4 Å². The zero-order chi connectivity index (χ0) is 21.5. The third kappa shape index (κ3) is 5.94. The van der Waals surface area contributed by atoms with Gasteiger partial charge in [-0.1, -0.05) is 25.0 Å². The zero-order valence-corrected chi connectivity index (χ0v) is 18.2. The number of nitrogens with one attached hydrogen (secondary N) is 2. The van der Waals surface area contributed by atoms with Gasteiger partial charge in [-0.3, -0.25) is 4.90 Å². The quantitative estimate of drug-likeness (QED) is 0.574. The first kappa shape index (κ1) is 21.6. The van der Waals surface area contributed by atoms with Crippen molar-refractivity contribution in [1.29, 1.82) is 0 Å². The average Bonchev–Trinajstić information content (AvgIpc) is 3.46. The average molecular weight is 426 g/mol. The van der Waals surface area contributed by atoms with Crippen LogP contribution in [0, 0.1) is 5.82 Å². The minimum atomic E-state index is -0.388. The molecular formula is C24H32FN5O. The molecule has 31 heavy (non-hydrogen) atoms. The first-order chi connectivity index (χ1) is 15.2. The lowest BCUT2D eigenvalue weighted by Crippen LogP contribution is -2.25. The lowest BCUT2D eigenvalue weighted by atomic mass is 10.2. The van der Waals surface area contributed by atoms with Crippen LogP contribution in [0.5, 0.6) is 5.75 Å². The summed E-state index contributed by atoms with van der Waals surface area (Å²) >= 11 is 0. The number of hydrogen-bond donors (Lipinski definition) is 2. The molecular weight excluding hydrogens is 393 g/mol. The maximum Gasteiger partial charge on any atom is 0.229 e. The Labute approximate surface area is 183 Å². The molecule has 0 spiro atoms. The monoisotopic (exact) mass is 425 g/mol. The Morgan fingerprint density at radius 3 is 2.74 bits per heavy atom. The number of nitrogens with zero attached hydrogens (tertiary/aromatic N) is 3. The molecule has 0 radical (unpaired) electrons. The van der Waals surface area contributed by atoms with Gasteiger partial charge in [0, 0.05) is 36.1 Å². The largest absolute Gasteiger partial charge is 0.489 e. The van der Waals surface area contributed by atoms with Crippen LogP contribution in [-0.2, 0) is 0 Å². The molecule has 2 aliphatic rings. The fourth-order valence-corrected chi connectivity index (χ4v) is 4.25. The number of allylic oxidation sites excluding steroid dienone is 1. The summed E-state index contributed by atoms with van der Waals surface area (Å²) in [4.78, 5) is 11.4. The topological polar surface area (TPSA) is 62.3 Å². The minimum absolute atomic E-state index is 0.276. The Morgan fingerprint density at radius 1 is 1.19 bits per heavy atom. The Morgan fingerprint density at radius 2 is 2.00 bits per heavy atom. The summed E-state index contributed by atoms with van der Waals surface area (Å²) in [5, 5.41) is 6.66. The molecule has 7 heteroatoms. The highest BCUT2D eigenvalue weighted by molar-refractivity contribution is 5.65. The van der Waals surface area contributed by atoms with Gasteiger partial charge in [0.2, 0.25) is 5.95 Å². The molecule has 0 unspecified atom stereocenters. The highest BCUT2D eigenvalue weighted by Crippen LogP contribution is 2.26. The lowest BCUT2D eigenvalue weighted by molar-refractivity contribution is 0.231. The van der Waals surface area contributed by atoms with Gasteiger partial charge >= 0.3 is 0 Å². The Balaban J connectivity index is 1.39. The van der Waals surface area contributed by atoms with Gasteiger partial charge in [-0.05, 0) is 57.8 Å². The van der Waals surface area contributed by atoms with Crippen LogP contribution in [0.2, 0.25) is 0 Å². The predicted molar refractivity (Wildman–Crippen MR) is 123 cm³/mol. The zero-order valence-electron chi connectivity index (χ0n) is 18.2. The van der Waals surface area contributed by atoms with E-state index in [1.165, 1.54) is 31.7 Å². The highest BCUT2D eigenvalue weighted by Gasteiger charge is 2.17. The third-order valence-electron chi connectivity index (χ3n) is 5.91. The molecule has 0 atom stereocenters. The van der Waals surface area contributed by atoms with E-state index >= 15 is 0 Å². The number of aromatic nitrogens is 2. The van der Waals surface area contributed by atoms with Crippen molar-refractivity contribution in [2.75, 3.05) is 36.9 Å².